The van der Waals surface area contributed by atoms with Crippen LogP contribution in [0.5, 0.6) is 0 Å². The molecule has 1 aromatic carbocycles. The molecule has 2 heterocycles. The lowest BCUT2D eigenvalue weighted by atomic mass is 10.1. The van der Waals surface area contributed by atoms with Crippen molar-refractivity contribution in [2.45, 2.75) is 50.6 Å². The number of hydrogen-bond donors (Lipinski definition) is 1. The molecule has 0 amide bonds. The number of nitrogens with one attached hydrogen (secondary N) is 1. The van der Waals surface area contributed by atoms with Crippen molar-refractivity contribution >= 4 is 16.9 Å². The topological polar surface area (TPSA) is 66.5 Å². The van der Waals surface area contributed by atoms with E-state index < -0.39 is 0 Å². The van der Waals surface area contributed by atoms with Crippen LogP contribution in [0.2, 0.25) is 0 Å². The largest absolute Gasteiger partial charge is 0.363 e. The number of hydrogen-bond acceptors (Lipinski definition) is 4. The summed E-state index contributed by atoms with van der Waals surface area (Å²) in [7, 11) is 0. The Balaban J connectivity index is 1.43. The molecule has 1 fully saturated rings. The van der Waals surface area contributed by atoms with Gasteiger partial charge in [0.2, 0.25) is 0 Å². The predicted molar refractivity (Wildman–Crippen MR) is 105 cm³/mol. The van der Waals surface area contributed by atoms with Crippen molar-refractivity contribution in [3.63, 3.8) is 0 Å². The average molecular weight is 357 g/mol. The molecular weight excluding hydrogens is 334 g/mol. The fourth-order valence-corrected chi connectivity index (χ4v) is 4.87. The first kappa shape index (κ1) is 16.3. The molecule has 2 aliphatic carbocycles. The molecule has 5 heteroatoms. The first-order chi connectivity index (χ1) is 13.3. The summed E-state index contributed by atoms with van der Waals surface area (Å²) in [5.41, 5.74) is 3.83. The Bertz CT molecular complexity index is 1010. The molecule has 3 aromatic rings. The molecule has 1 N–H and O–H groups in total. The average Bonchev–Trinajstić information content (AvgIpc) is 3.41. The van der Waals surface area contributed by atoms with Gasteiger partial charge in [0.05, 0.1) is 17.5 Å². The number of fused-ring (bicyclic) bond motifs is 2. The third-order valence-corrected chi connectivity index (χ3v) is 6.24. The van der Waals surface area contributed by atoms with Gasteiger partial charge < -0.3 is 9.88 Å². The molecule has 5 rings (SSSR count). The highest BCUT2D eigenvalue weighted by molar-refractivity contribution is 5.87. The van der Waals surface area contributed by atoms with Crippen molar-refractivity contribution in [3.05, 3.63) is 54.0 Å². The van der Waals surface area contributed by atoms with E-state index >= 15 is 0 Å². The van der Waals surface area contributed by atoms with E-state index in [-0.39, 0.29) is 0 Å². The summed E-state index contributed by atoms with van der Waals surface area (Å²) in [6.07, 6.45) is 10.0. The van der Waals surface area contributed by atoms with Crippen LogP contribution in [0.4, 0.5) is 5.82 Å². The van der Waals surface area contributed by atoms with E-state index in [1.54, 1.807) is 6.33 Å². The van der Waals surface area contributed by atoms with E-state index in [2.05, 4.69) is 62.4 Å². The molecule has 0 radical (unpaired) electrons. The minimum absolute atomic E-state index is 0.314. The Morgan fingerprint density at radius 3 is 3.00 bits per heavy atom. The second-order valence-corrected chi connectivity index (χ2v) is 7.81. The Morgan fingerprint density at radius 2 is 2.07 bits per heavy atom. The molecule has 0 unspecified atom stereocenters. The van der Waals surface area contributed by atoms with Gasteiger partial charge in [-0.3, -0.25) is 0 Å². The number of aromatic nitrogens is 3. The van der Waals surface area contributed by atoms with E-state index in [0.717, 1.165) is 49.0 Å². The standard InChI is InChI=1S/C22H23N5/c23-11-9-15-5-7-17(13-15)27-12-10-19-21(24-14-25-22(19)27)26-20-8-6-16-3-1-2-4-18(16)20/h1-4,10,12,14-15,17,20H,5-9,13H2,(H,24,25,26)/t15-,17+,20+/m1/s1. The predicted octanol–water partition coefficient (Wildman–Crippen LogP) is 4.79. The van der Waals surface area contributed by atoms with Crippen LogP contribution in [0, 0.1) is 17.2 Å². The van der Waals surface area contributed by atoms with Crippen LogP contribution < -0.4 is 5.32 Å². The summed E-state index contributed by atoms with van der Waals surface area (Å²) in [6.45, 7) is 0. The van der Waals surface area contributed by atoms with Crippen LogP contribution in [0.25, 0.3) is 11.0 Å². The molecule has 0 saturated heterocycles. The lowest BCUT2D eigenvalue weighted by molar-refractivity contribution is 0.490. The van der Waals surface area contributed by atoms with E-state index in [1.807, 2.05) is 0 Å². The van der Waals surface area contributed by atoms with Gasteiger partial charge >= 0.3 is 0 Å². The van der Waals surface area contributed by atoms with Gasteiger partial charge in [-0.25, -0.2) is 9.97 Å². The first-order valence-electron chi connectivity index (χ1n) is 9.86. The maximum Gasteiger partial charge on any atom is 0.145 e. The molecule has 0 spiro atoms. The van der Waals surface area contributed by atoms with Crippen LogP contribution in [-0.4, -0.2) is 14.5 Å². The van der Waals surface area contributed by atoms with Crippen molar-refractivity contribution in [2.75, 3.05) is 5.32 Å². The molecule has 0 bridgehead atoms. The highest BCUT2D eigenvalue weighted by Gasteiger charge is 2.28. The maximum absolute atomic E-state index is 8.97. The zero-order valence-corrected chi connectivity index (χ0v) is 15.3. The van der Waals surface area contributed by atoms with Crippen molar-refractivity contribution in [2.24, 2.45) is 5.92 Å². The van der Waals surface area contributed by atoms with Gasteiger partial charge in [-0.1, -0.05) is 24.3 Å². The zero-order chi connectivity index (χ0) is 18.2. The Labute approximate surface area is 159 Å². The summed E-state index contributed by atoms with van der Waals surface area (Å²) in [5, 5.41) is 13.7. The zero-order valence-electron chi connectivity index (χ0n) is 15.3. The third-order valence-electron chi connectivity index (χ3n) is 6.24. The number of benzene rings is 1. The number of rotatable bonds is 4. The highest BCUT2D eigenvalue weighted by Crippen LogP contribution is 2.39. The van der Waals surface area contributed by atoms with Crippen molar-refractivity contribution < 1.29 is 0 Å². The highest BCUT2D eigenvalue weighted by atomic mass is 15.1. The molecule has 5 nitrogen and oxygen atoms in total. The molecule has 0 aliphatic heterocycles. The molecule has 27 heavy (non-hydrogen) atoms. The summed E-state index contributed by atoms with van der Waals surface area (Å²) in [4.78, 5) is 9.13. The smallest absolute Gasteiger partial charge is 0.145 e. The van der Waals surface area contributed by atoms with Gasteiger partial charge in [-0.05, 0) is 55.2 Å². The van der Waals surface area contributed by atoms with Crippen LogP contribution in [0.15, 0.2) is 42.9 Å². The molecule has 2 aromatic heterocycles. The molecular formula is C22H23N5. The van der Waals surface area contributed by atoms with Gasteiger partial charge in [0.25, 0.3) is 0 Å². The summed E-state index contributed by atoms with van der Waals surface area (Å²) in [5.74, 6) is 1.44. The summed E-state index contributed by atoms with van der Waals surface area (Å²) < 4.78 is 2.29. The monoisotopic (exact) mass is 357 g/mol. The first-order valence-corrected chi connectivity index (χ1v) is 9.86. The lowest BCUT2D eigenvalue weighted by Crippen LogP contribution is -2.10. The Hall–Kier alpha value is -2.87. The van der Waals surface area contributed by atoms with E-state index in [4.69, 9.17) is 5.26 Å². The SMILES string of the molecule is N#CC[C@H]1CC[C@H](n2ccc3c(N[C@H]4CCc5ccccc54)ncnc32)C1. The van der Waals surface area contributed by atoms with Gasteiger partial charge in [0.1, 0.15) is 17.8 Å². The minimum atomic E-state index is 0.314. The van der Waals surface area contributed by atoms with Crippen LogP contribution in [0.1, 0.15) is 55.3 Å². The van der Waals surface area contributed by atoms with Crippen LogP contribution in [0.3, 0.4) is 0 Å². The van der Waals surface area contributed by atoms with Gasteiger partial charge in [0, 0.05) is 18.7 Å². The fourth-order valence-electron chi connectivity index (χ4n) is 4.87. The fraction of sp³-hybridized carbons (Fsp3) is 0.409. The van der Waals surface area contributed by atoms with Crippen LogP contribution >= 0.6 is 0 Å². The lowest BCUT2D eigenvalue weighted by Gasteiger charge is -2.16. The van der Waals surface area contributed by atoms with Crippen LogP contribution in [-0.2, 0) is 6.42 Å². The second-order valence-electron chi connectivity index (χ2n) is 7.81. The molecule has 2 aliphatic rings. The van der Waals surface area contributed by atoms with Gasteiger partial charge in [0.15, 0.2) is 0 Å². The van der Waals surface area contributed by atoms with E-state index in [0.29, 0.717) is 24.4 Å². The molecule has 136 valence electrons. The van der Waals surface area contributed by atoms with Crippen molar-refractivity contribution in [1.29, 1.82) is 5.26 Å². The number of nitriles is 1. The van der Waals surface area contributed by atoms with Crippen molar-refractivity contribution in [1.82, 2.24) is 14.5 Å². The summed E-state index contributed by atoms with van der Waals surface area (Å²) in [6, 6.07) is 13.9. The van der Waals surface area contributed by atoms with E-state index in [1.165, 1.54) is 11.1 Å². The second kappa shape index (κ2) is 6.70. The molecule has 1 saturated carbocycles. The summed E-state index contributed by atoms with van der Waals surface area (Å²) >= 11 is 0. The molecule has 3 atom stereocenters. The Morgan fingerprint density at radius 1 is 1.15 bits per heavy atom. The maximum atomic E-state index is 8.97. The Kier molecular flexibility index (Phi) is 4.05. The van der Waals surface area contributed by atoms with E-state index in [9.17, 15) is 0 Å². The normalized spacial score (nSPS) is 24.0. The number of anilines is 1. The third kappa shape index (κ3) is 2.86. The van der Waals surface area contributed by atoms with Gasteiger partial charge in [-0.15, -0.1) is 0 Å². The number of nitrogens with zero attached hydrogens (tertiary/aromatic N) is 4. The quantitative estimate of drug-likeness (QED) is 0.729. The van der Waals surface area contributed by atoms with Crippen molar-refractivity contribution in [3.8, 4) is 6.07 Å². The number of aryl methyl sites for hydroxylation is 1. The minimum Gasteiger partial charge on any atom is -0.363 e. The van der Waals surface area contributed by atoms with Gasteiger partial charge in [-0.2, -0.15) is 5.26 Å².